The summed E-state index contributed by atoms with van der Waals surface area (Å²) in [6, 6.07) is -3.76. The van der Waals surface area contributed by atoms with Gasteiger partial charge in [0.15, 0.2) is 5.78 Å². The summed E-state index contributed by atoms with van der Waals surface area (Å²) < 4.78 is 0. The topological polar surface area (TPSA) is 180 Å². The van der Waals surface area contributed by atoms with Crippen LogP contribution in [0.2, 0.25) is 0 Å². The van der Waals surface area contributed by atoms with Gasteiger partial charge in [0.05, 0.1) is 12.1 Å². The van der Waals surface area contributed by atoms with Gasteiger partial charge < -0.3 is 32.1 Å². The molecule has 0 aliphatic rings. The van der Waals surface area contributed by atoms with E-state index < -0.39 is 48.0 Å². The number of carbonyl (C=O) groups excluding carboxylic acids is 4. The lowest BCUT2D eigenvalue weighted by atomic mass is 10.00. The van der Waals surface area contributed by atoms with Crippen molar-refractivity contribution >= 4 is 29.6 Å². The second kappa shape index (κ2) is 18.3. The number of Topliss-reactive ketones (excluding diaryl/α,β-unsaturated/α-hetero) is 1. The van der Waals surface area contributed by atoms with Crippen molar-refractivity contribution < 1.29 is 29.1 Å². The van der Waals surface area contributed by atoms with E-state index in [1.54, 1.807) is 27.7 Å². The zero-order valence-electron chi connectivity index (χ0n) is 22.6. The van der Waals surface area contributed by atoms with Crippen LogP contribution < -0.4 is 27.0 Å². The van der Waals surface area contributed by atoms with Gasteiger partial charge in [-0.2, -0.15) is 0 Å². The SMILES string of the molecule is C.CC(=O)[C@@H](NC(=O)N[C@H](C(=O)N[C@@H](CCCCN)C(=O)N[C@H](/C=C/C(=O)O)C(C)C)C(C)C)C(C)C. The van der Waals surface area contributed by atoms with Gasteiger partial charge in [0.1, 0.15) is 12.1 Å². The molecule has 0 aliphatic carbocycles. The number of amides is 4. The lowest BCUT2D eigenvalue weighted by molar-refractivity contribution is -0.131. The maximum Gasteiger partial charge on any atom is 0.328 e. The van der Waals surface area contributed by atoms with Crippen LogP contribution >= 0.6 is 0 Å². The molecule has 4 amide bonds. The Bertz CT molecular complexity index is 781. The molecular weight excluding hydrogens is 478 g/mol. The number of nitrogens with two attached hydrogens (primary N) is 1. The predicted octanol–water partition coefficient (Wildman–Crippen LogP) is 1.96. The third kappa shape index (κ3) is 14.4. The van der Waals surface area contributed by atoms with E-state index in [-0.39, 0.29) is 31.0 Å². The van der Waals surface area contributed by atoms with Crippen molar-refractivity contribution in [3.05, 3.63) is 12.2 Å². The average molecular weight is 528 g/mol. The Labute approximate surface area is 221 Å². The number of hydrogen-bond donors (Lipinski definition) is 6. The highest BCUT2D eigenvalue weighted by Crippen LogP contribution is 2.09. The van der Waals surface area contributed by atoms with Gasteiger partial charge in [0.25, 0.3) is 0 Å². The fraction of sp³-hybridized carbons (Fsp3) is 0.731. The molecule has 0 saturated carbocycles. The van der Waals surface area contributed by atoms with E-state index in [0.29, 0.717) is 25.8 Å². The fourth-order valence-corrected chi connectivity index (χ4v) is 3.51. The van der Waals surface area contributed by atoms with Gasteiger partial charge in [-0.25, -0.2) is 9.59 Å². The van der Waals surface area contributed by atoms with Gasteiger partial charge >= 0.3 is 12.0 Å². The largest absolute Gasteiger partial charge is 0.478 e. The molecule has 0 unspecified atom stereocenters. The Hall–Kier alpha value is -2.95. The summed E-state index contributed by atoms with van der Waals surface area (Å²) in [5, 5.41) is 19.7. The fourth-order valence-electron chi connectivity index (χ4n) is 3.51. The lowest BCUT2D eigenvalue weighted by Crippen LogP contribution is -2.59. The highest BCUT2D eigenvalue weighted by molar-refractivity contribution is 5.93. The summed E-state index contributed by atoms with van der Waals surface area (Å²) in [7, 11) is 0. The Morgan fingerprint density at radius 1 is 0.784 bits per heavy atom. The van der Waals surface area contributed by atoms with E-state index in [0.717, 1.165) is 6.08 Å². The van der Waals surface area contributed by atoms with E-state index in [4.69, 9.17) is 10.8 Å². The number of ketones is 1. The molecule has 37 heavy (non-hydrogen) atoms. The van der Waals surface area contributed by atoms with Crippen LogP contribution in [0.25, 0.3) is 0 Å². The van der Waals surface area contributed by atoms with E-state index >= 15 is 0 Å². The van der Waals surface area contributed by atoms with Gasteiger partial charge in [0.2, 0.25) is 11.8 Å². The average Bonchev–Trinajstić information content (AvgIpc) is 2.76. The molecule has 0 aromatic heterocycles. The molecule has 7 N–H and O–H groups in total. The first-order valence-electron chi connectivity index (χ1n) is 12.5. The Morgan fingerprint density at radius 2 is 1.32 bits per heavy atom. The second-order valence-corrected chi connectivity index (χ2v) is 9.99. The highest BCUT2D eigenvalue weighted by Gasteiger charge is 2.30. The molecular formula is C26H49N5O6. The number of nitrogens with one attached hydrogen (secondary N) is 4. The molecule has 0 saturated heterocycles. The van der Waals surface area contributed by atoms with Gasteiger partial charge in [0, 0.05) is 6.08 Å². The maximum atomic E-state index is 13.1. The maximum absolute atomic E-state index is 13.1. The van der Waals surface area contributed by atoms with Crippen molar-refractivity contribution in [2.75, 3.05) is 6.54 Å². The third-order valence-electron chi connectivity index (χ3n) is 5.68. The normalized spacial score (nSPS) is 14.5. The molecule has 11 heteroatoms. The number of carboxylic acid groups (broad SMARTS) is 1. The van der Waals surface area contributed by atoms with Gasteiger partial charge in [-0.05, 0) is 50.5 Å². The molecule has 0 radical (unpaired) electrons. The molecule has 0 aliphatic heterocycles. The summed E-state index contributed by atoms with van der Waals surface area (Å²) in [5.74, 6) is -2.85. The smallest absolute Gasteiger partial charge is 0.328 e. The zero-order valence-corrected chi connectivity index (χ0v) is 22.6. The lowest BCUT2D eigenvalue weighted by Gasteiger charge is -2.28. The molecule has 4 atom stereocenters. The number of carboxylic acids is 1. The first kappa shape index (κ1) is 36.2. The Balaban J connectivity index is 0. The number of urea groups is 1. The van der Waals surface area contributed by atoms with Gasteiger partial charge in [-0.1, -0.05) is 55.0 Å². The van der Waals surface area contributed by atoms with E-state index in [1.807, 2.05) is 13.8 Å². The highest BCUT2D eigenvalue weighted by atomic mass is 16.4. The summed E-state index contributed by atoms with van der Waals surface area (Å²) in [6.07, 6.45) is 3.92. The van der Waals surface area contributed by atoms with E-state index in [2.05, 4.69) is 21.3 Å². The summed E-state index contributed by atoms with van der Waals surface area (Å²) in [6.45, 7) is 12.6. The first-order valence-corrected chi connectivity index (χ1v) is 12.5. The molecule has 0 rings (SSSR count). The van der Waals surface area contributed by atoms with Crippen LogP contribution in [0.4, 0.5) is 4.79 Å². The van der Waals surface area contributed by atoms with Crippen molar-refractivity contribution in [3.63, 3.8) is 0 Å². The van der Waals surface area contributed by atoms with Crippen LogP contribution in [0.15, 0.2) is 12.2 Å². The molecule has 0 bridgehead atoms. The summed E-state index contributed by atoms with van der Waals surface area (Å²) >= 11 is 0. The van der Waals surface area contributed by atoms with E-state index in [9.17, 15) is 24.0 Å². The summed E-state index contributed by atoms with van der Waals surface area (Å²) in [5.41, 5.74) is 5.57. The van der Waals surface area contributed by atoms with Gasteiger partial charge in [-0.15, -0.1) is 0 Å². The summed E-state index contributed by atoms with van der Waals surface area (Å²) in [4.78, 5) is 61.5. The predicted molar refractivity (Wildman–Crippen MR) is 145 cm³/mol. The number of hydrogen-bond acceptors (Lipinski definition) is 6. The van der Waals surface area contributed by atoms with Crippen LogP contribution in [-0.4, -0.2) is 65.4 Å². The minimum absolute atomic E-state index is 0. The van der Waals surface area contributed by atoms with Crippen molar-refractivity contribution in [1.29, 1.82) is 0 Å². The molecule has 11 nitrogen and oxygen atoms in total. The monoisotopic (exact) mass is 527 g/mol. The molecule has 0 heterocycles. The van der Waals surface area contributed by atoms with Gasteiger partial charge in [-0.3, -0.25) is 14.4 Å². The first-order chi connectivity index (χ1) is 16.7. The van der Waals surface area contributed by atoms with Crippen molar-refractivity contribution in [2.45, 2.75) is 99.3 Å². The van der Waals surface area contributed by atoms with Crippen LogP contribution in [0.1, 0.15) is 75.2 Å². The third-order valence-corrected chi connectivity index (χ3v) is 5.68. The quantitative estimate of drug-likeness (QED) is 0.131. The number of aliphatic carboxylic acids is 1. The standard InChI is InChI=1S/C25H45N5O6.CH4/c1-14(2)18(11-12-20(32)33)27-23(34)19(10-8-9-13-26)28-24(35)22(16(5)6)30-25(36)29-21(15(3)4)17(7)31;/h11-12,14-16,18-19,21-22H,8-10,13,26H2,1-7H3,(H,27,34)(H,28,35)(H,32,33)(H2,29,30,36);1H4/b12-11+;/t18-,19+,21+,22+;/m1./s1. The van der Waals surface area contributed by atoms with Crippen LogP contribution in [-0.2, 0) is 19.2 Å². The number of rotatable bonds is 16. The molecule has 0 fully saturated rings. The van der Waals surface area contributed by atoms with Crippen LogP contribution in [0.3, 0.4) is 0 Å². The Morgan fingerprint density at radius 3 is 1.76 bits per heavy atom. The molecule has 0 spiro atoms. The minimum atomic E-state index is -1.13. The zero-order chi connectivity index (χ0) is 28.0. The number of carbonyl (C=O) groups is 5. The van der Waals surface area contributed by atoms with Crippen molar-refractivity contribution in [1.82, 2.24) is 21.3 Å². The van der Waals surface area contributed by atoms with Crippen molar-refractivity contribution in [3.8, 4) is 0 Å². The second-order valence-electron chi connectivity index (χ2n) is 9.99. The number of unbranched alkanes of at least 4 members (excludes halogenated alkanes) is 1. The Kier molecular flexibility index (Phi) is 17.9. The minimum Gasteiger partial charge on any atom is -0.478 e. The van der Waals surface area contributed by atoms with Crippen LogP contribution in [0.5, 0.6) is 0 Å². The molecule has 214 valence electrons. The van der Waals surface area contributed by atoms with Crippen molar-refractivity contribution in [2.24, 2.45) is 23.5 Å². The van der Waals surface area contributed by atoms with E-state index in [1.165, 1.54) is 13.0 Å². The molecule has 0 aromatic rings. The molecule has 0 aromatic carbocycles. The van der Waals surface area contributed by atoms with Crippen LogP contribution in [0, 0.1) is 17.8 Å².